The van der Waals surface area contributed by atoms with Gasteiger partial charge in [-0.15, -0.1) is 0 Å². The Hall–Kier alpha value is -0.500. The summed E-state index contributed by atoms with van der Waals surface area (Å²) in [5.41, 5.74) is 2.22. The van der Waals surface area contributed by atoms with E-state index in [1.54, 1.807) is 0 Å². The van der Waals surface area contributed by atoms with E-state index in [9.17, 15) is 4.39 Å². The van der Waals surface area contributed by atoms with Crippen LogP contribution in [0.5, 0.6) is 0 Å². The predicted octanol–water partition coefficient (Wildman–Crippen LogP) is 7.64. The van der Waals surface area contributed by atoms with Crippen LogP contribution < -0.4 is 0 Å². The lowest BCUT2D eigenvalue weighted by Gasteiger charge is -2.36. The van der Waals surface area contributed by atoms with E-state index in [4.69, 9.17) is 0 Å². The molecular weight excluding hydrogens is 339 g/mol. The lowest BCUT2D eigenvalue weighted by molar-refractivity contribution is 0.185. The lowest BCUT2D eigenvalue weighted by atomic mass is 9.70. The Labute approximate surface area is 164 Å². The first-order chi connectivity index (χ1) is 12.7. The van der Waals surface area contributed by atoms with Gasteiger partial charge in [0.25, 0.3) is 0 Å². The van der Waals surface area contributed by atoms with Gasteiger partial charge in [0.05, 0.1) is 0 Å². The average molecular weight is 375 g/mol. The second-order valence-corrected chi connectivity index (χ2v) is 10.0. The van der Waals surface area contributed by atoms with Gasteiger partial charge < -0.3 is 0 Å². The molecule has 0 atom stereocenters. The van der Waals surface area contributed by atoms with Crippen molar-refractivity contribution < 1.29 is 4.39 Å². The molecule has 0 aliphatic heterocycles. The fourth-order valence-electron chi connectivity index (χ4n) is 6.04. The molecule has 1 aromatic carbocycles. The van der Waals surface area contributed by atoms with Crippen LogP contribution in [0.25, 0.3) is 0 Å². The maximum absolute atomic E-state index is 14.9. The van der Waals surface area contributed by atoms with E-state index in [1.807, 2.05) is 6.07 Å². The van der Waals surface area contributed by atoms with Crippen molar-refractivity contribution in [3.05, 3.63) is 35.1 Å². The van der Waals surface area contributed by atoms with Crippen LogP contribution in [-0.4, -0.2) is 5.25 Å². The van der Waals surface area contributed by atoms with Crippen molar-refractivity contribution in [2.75, 3.05) is 0 Å². The highest BCUT2D eigenvalue weighted by atomic mass is 32.1. The van der Waals surface area contributed by atoms with Gasteiger partial charge in [-0.05, 0) is 92.2 Å². The molecule has 0 nitrogen and oxygen atoms in total. The minimum absolute atomic E-state index is 0.0663. The molecule has 1 aromatic rings. The smallest absolute Gasteiger partial charge is 0.126 e. The Balaban J connectivity index is 1.36. The highest BCUT2D eigenvalue weighted by molar-refractivity contribution is 7.80. The quantitative estimate of drug-likeness (QED) is 0.516. The summed E-state index contributed by atoms with van der Waals surface area (Å²) in [5, 5.41) is 0.551. The van der Waals surface area contributed by atoms with Crippen molar-refractivity contribution >= 4 is 12.6 Å². The molecule has 2 heteroatoms. The van der Waals surface area contributed by atoms with Crippen LogP contribution in [0, 0.1) is 17.7 Å². The Bertz CT molecular complexity index is 576. The monoisotopic (exact) mass is 374 g/mol. The second-order valence-electron chi connectivity index (χ2n) is 9.30. The lowest BCUT2D eigenvalue weighted by Crippen LogP contribution is -2.23. The Morgan fingerprint density at radius 1 is 0.692 bits per heavy atom. The third-order valence-electron chi connectivity index (χ3n) is 7.72. The zero-order chi connectivity index (χ0) is 17.9. The molecule has 0 unspecified atom stereocenters. The van der Waals surface area contributed by atoms with E-state index >= 15 is 0 Å². The second kappa shape index (κ2) is 8.67. The number of halogens is 1. The highest BCUT2D eigenvalue weighted by Crippen LogP contribution is 2.44. The summed E-state index contributed by atoms with van der Waals surface area (Å²) in [7, 11) is 0. The third-order valence-corrected chi connectivity index (χ3v) is 8.24. The fraction of sp³-hybridized carbons (Fsp3) is 0.750. The summed E-state index contributed by atoms with van der Waals surface area (Å²) in [4.78, 5) is 0. The molecule has 3 fully saturated rings. The average Bonchev–Trinajstić information content (AvgIpc) is 2.69. The minimum atomic E-state index is 0.0663. The summed E-state index contributed by atoms with van der Waals surface area (Å²) in [6.45, 7) is 0. The molecule has 3 saturated carbocycles. The first-order valence-electron chi connectivity index (χ1n) is 11.2. The zero-order valence-electron chi connectivity index (χ0n) is 16.1. The molecule has 0 bridgehead atoms. The van der Waals surface area contributed by atoms with E-state index in [0.29, 0.717) is 17.1 Å². The summed E-state index contributed by atoms with van der Waals surface area (Å²) in [5.74, 6) is 2.96. The van der Waals surface area contributed by atoms with Crippen LogP contribution in [0.3, 0.4) is 0 Å². The van der Waals surface area contributed by atoms with Crippen molar-refractivity contribution in [2.45, 2.75) is 101 Å². The Morgan fingerprint density at radius 2 is 1.31 bits per heavy atom. The molecule has 0 N–H and O–H groups in total. The topological polar surface area (TPSA) is 0 Å². The first-order valence-corrected chi connectivity index (χ1v) is 11.7. The summed E-state index contributed by atoms with van der Waals surface area (Å²) in [6, 6.07) is 6.23. The van der Waals surface area contributed by atoms with E-state index in [0.717, 1.165) is 17.4 Å². The van der Waals surface area contributed by atoms with Gasteiger partial charge in [0.1, 0.15) is 5.82 Å². The first kappa shape index (κ1) is 18.8. The van der Waals surface area contributed by atoms with Gasteiger partial charge in [0.15, 0.2) is 0 Å². The zero-order valence-corrected chi connectivity index (χ0v) is 17.0. The molecule has 3 aliphatic carbocycles. The normalized spacial score (nSPS) is 33.9. The largest absolute Gasteiger partial charge is 0.207 e. The van der Waals surface area contributed by atoms with E-state index in [1.165, 1.54) is 89.0 Å². The summed E-state index contributed by atoms with van der Waals surface area (Å²) < 4.78 is 14.9. The number of hydrogen-bond acceptors (Lipinski definition) is 1. The van der Waals surface area contributed by atoms with Crippen LogP contribution in [0.2, 0.25) is 0 Å². The maximum Gasteiger partial charge on any atom is 0.126 e. The highest BCUT2D eigenvalue weighted by Gasteiger charge is 2.30. The minimum Gasteiger partial charge on any atom is -0.207 e. The van der Waals surface area contributed by atoms with Gasteiger partial charge in [-0.25, -0.2) is 4.39 Å². The molecule has 0 radical (unpaired) electrons. The molecule has 0 amide bonds. The molecule has 26 heavy (non-hydrogen) atoms. The Morgan fingerprint density at radius 3 is 1.96 bits per heavy atom. The number of hydrogen-bond donors (Lipinski definition) is 1. The Kier molecular flexibility index (Phi) is 6.29. The van der Waals surface area contributed by atoms with Gasteiger partial charge >= 0.3 is 0 Å². The SMILES string of the molecule is Fc1cc(C2CCC(S)CC2)ccc1C1CCC(C2CCCCC2)CC1. The maximum atomic E-state index is 14.9. The molecule has 0 spiro atoms. The number of benzene rings is 1. The molecule has 3 aliphatic rings. The van der Waals surface area contributed by atoms with Crippen LogP contribution in [0.4, 0.5) is 4.39 Å². The molecule has 0 heterocycles. The standard InChI is InChI=1S/C24H35FS/c25-24-16-21(19-10-13-22(26)14-11-19)12-15-23(24)20-8-6-18(7-9-20)17-4-2-1-3-5-17/h12,15-20,22,26H,1-11,13-14H2. The van der Waals surface area contributed by atoms with Crippen molar-refractivity contribution in [1.29, 1.82) is 0 Å². The van der Waals surface area contributed by atoms with Gasteiger partial charge in [-0.3, -0.25) is 0 Å². The molecule has 0 aromatic heterocycles. The third kappa shape index (κ3) is 4.32. The molecule has 0 saturated heterocycles. The van der Waals surface area contributed by atoms with Crippen molar-refractivity contribution in [2.24, 2.45) is 11.8 Å². The predicted molar refractivity (Wildman–Crippen MR) is 112 cm³/mol. The molecule has 144 valence electrons. The van der Waals surface area contributed by atoms with E-state index in [2.05, 4.69) is 24.8 Å². The van der Waals surface area contributed by atoms with Crippen LogP contribution in [-0.2, 0) is 0 Å². The summed E-state index contributed by atoms with van der Waals surface area (Å²) >= 11 is 4.59. The number of rotatable bonds is 3. The van der Waals surface area contributed by atoms with E-state index in [-0.39, 0.29) is 5.82 Å². The molecular formula is C24H35FS. The van der Waals surface area contributed by atoms with Crippen LogP contribution in [0.1, 0.15) is 106 Å². The van der Waals surface area contributed by atoms with E-state index < -0.39 is 0 Å². The van der Waals surface area contributed by atoms with Gasteiger partial charge in [0, 0.05) is 5.25 Å². The van der Waals surface area contributed by atoms with Crippen molar-refractivity contribution in [3.63, 3.8) is 0 Å². The number of thiol groups is 1. The van der Waals surface area contributed by atoms with Gasteiger partial charge in [0.2, 0.25) is 0 Å². The summed E-state index contributed by atoms with van der Waals surface area (Å²) in [6.07, 6.45) is 16.9. The van der Waals surface area contributed by atoms with Crippen molar-refractivity contribution in [1.82, 2.24) is 0 Å². The fourth-order valence-corrected chi connectivity index (χ4v) is 6.34. The van der Waals surface area contributed by atoms with Gasteiger partial charge in [-0.2, -0.15) is 12.6 Å². The van der Waals surface area contributed by atoms with Crippen LogP contribution >= 0.6 is 12.6 Å². The van der Waals surface area contributed by atoms with Crippen LogP contribution in [0.15, 0.2) is 18.2 Å². The van der Waals surface area contributed by atoms with Crippen molar-refractivity contribution in [3.8, 4) is 0 Å². The van der Waals surface area contributed by atoms with Gasteiger partial charge in [-0.1, -0.05) is 44.2 Å². The molecule has 4 rings (SSSR count).